The lowest BCUT2D eigenvalue weighted by atomic mass is 10.1. The second-order valence-corrected chi connectivity index (χ2v) is 5.09. The topological polar surface area (TPSA) is 35.0 Å². The van der Waals surface area contributed by atoms with Crippen molar-refractivity contribution >= 4 is 11.6 Å². The molecule has 1 fully saturated rings. The summed E-state index contributed by atoms with van der Waals surface area (Å²) >= 11 is 6.02. The van der Waals surface area contributed by atoms with Crippen LogP contribution in [0.5, 0.6) is 5.75 Å². The molecule has 0 amide bonds. The molecule has 2 rings (SSSR count). The number of methoxy groups -OCH3 is 1. The van der Waals surface area contributed by atoms with E-state index < -0.39 is 0 Å². The first-order chi connectivity index (χ1) is 6.95. The van der Waals surface area contributed by atoms with Crippen LogP contribution < -0.4 is 4.74 Å². The smallest absolute Gasteiger partial charge is 0.177 e. The van der Waals surface area contributed by atoms with E-state index in [1.807, 2.05) is 6.92 Å². The van der Waals surface area contributed by atoms with Crippen molar-refractivity contribution in [3.05, 3.63) is 16.7 Å². The fourth-order valence-electron chi connectivity index (χ4n) is 1.84. The zero-order chi connectivity index (χ0) is 11.2. The molecule has 1 aliphatic rings. The van der Waals surface area contributed by atoms with Crippen molar-refractivity contribution < 1.29 is 4.74 Å². The van der Waals surface area contributed by atoms with E-state index in [1.165, 1.54) is 0 Å². The molecule has 15 heavy (non-hydrogen) atoms. The minimum atomic E-state index is 0.324. The van der Waals surface area contributed by atoms with Crippen LogP contribution in [0.15, 0.2) is 0 Å². The van der Waals surface area contributed by atoms with E-state index in [-0.39, 0.29) is 0 Å². The van der Waals surface area contributed by atoms with Gasteiger partial charge >= 0.3 is 0 Å². The maximum Gasteiger partial charge on any atom is 0.177 e. The highest BCUT2D eigenvalue weighted by molar-refractivity contribution is 6.30. The van der Waals surface area contributed by atoms with Crippen LogP contribution in [0.3, 0.4) is 0 Å². The fourth-order valence-corrected chi connectivity index (χ4v) is 2.14. The van der Waals surface area contributed by atoms with Crippen molar-refractivity contribution in [2.24, 2.45) is 5.41 Å². The van der Waals surface area contributed by atoms with Gasteiger partial charge in [-0.3, -0.25) is 0 Å². The molecule has 82 valence electrons. The Morgan fingerprint density at radius 1 is 1.40 bits per heavy atom. The van der Waals surface area contributed by atoms with Crippen LogP contribution in [0.25, 0.3) is 0 Å². The molecule has 0 bridgehead atoms. The molecule has 1 aliphatic carbocycles. The lowest BCUT2D eigenvalue weighted by Gasteiger charge is -2.08. The van der Waals surface area contributed by atoms with Crippen LogP contribution in [0.2, 0.25) is 5.15 Å². The number of hydrogen-bond acceptors (Lipinski definition) is 3. The van der Waals surface area contributed by atoms with E-state index in [9.17, 15) is 0 Å². The third-order valence-corrected chi connectivity index (χ3v) is 3.30. The van der Waals surface area contributed by atoms with Gasteiger partial charge in [0.15, 0.2) is 10.9 Å². The molecule has 0 spiro atoms. The Labute approximate surface area is 94.8 Å². The summed E-state index contributed by atoms with van der Waals surface area (Å²) in [4.78, 5) is 8.73. The predicted octanol–water partition coefficient (Wildman–Crippen LogP) is 2.96. The van der Waals surface area contributed by atoms with Crippen molar-refractivity contribution in [2.75, 3.05) is 7.11 Å². The van der Waals surface area contributed by atoms with E-state index in [4.69, 9.17) is 16.3 Å². The Hall–Kier alpha value is -0.830. The van der Waals surface area contributed by atoms with E-state index in [1.54, 1.807) is 7.11 Å². The van der Waals surface area contributed by atoms with Crippen LogP contribution in [-0.2, 0) is 0 Å². The number of halogens is 1. The van der Waals surface area contributed by atoms with E-state index in [0.717, 1.165) is 17.9 Å². The van der Waals surface area contributed by atoms with Gasteiger partial charge in [0.1, 0.15) is 5.82 Å². The molecular formula is C11H15ClN2O. The number of aromatic nitrogens is 2. The molecule has 1 aromatic heterocycles. The van der Waals surface area contributed by atoms with Gasteiger partial charge in [-0.25, -0.2) is 9.97 Å². The molecule has 0 N–H and O–H groups in total. The predicted molar refractivity (Wildman–Crippen MR) is 59.5 cm³/mol. The van der Waals surface area contributed by atoms with Crippen LogP contribution >= 0.6 is 11.6 Å². The fraction of sp³-hybridized carbons (Fsp3) is 0.636. The summed E-state index contributed by atoms with van der Waals surface area (Å²) in [5, 5.41) is 0.419. The van der Waals surface area contributed by atoms with Gasteiger partial charge in [0.05, 0.1) is 12.8 Å². The van der Waals surface area contributed by atoms with E-state index in [2.05, 4.69) is 23.8 Å². The number of rotatable bonds is 2. The highest BCUT2D eigenvalue weighted by Crippen LogP contribution is 2.57. The molecular weight excluding hydrogens is 212 g/mol. The van der Waals surface area contributed by atoms with E-state index in [0.29, 0.717) is 22.2 Å². The van der Waals surface area contributed by atoms with Crippen molar-refractivity contribution in [3.8, 4) is 5.75 Å². The number of hydrogen-bond donors (Lipinski definition) is 0. The third kappa shape index (κ3) is 1.81. The molecule has 0 radical (unpaired) electrons. The normalized spacial score (nSPS) is 22.6. The van der Waals surface area contributed by atoms with Crippen LogP contribution in [0.4, 0.5) is 0 Å². The van der Waals surface area contributed by atoms with Gasteiger partial charge in [0.2, 0.25) is 0 Å². The molecule has 1 heterocycles. The Kier molecular flexibility index (Phi) is 2.38. The first-order valence-electron chi connectivity index (χ1n) is 5.03. The van der Waals surface area contributed by atoms with Gasteiger partial charge in [-0.15, -0.1) is 0 Å². The highest BCUT2D eigenvalue weighted by Gasteiger charge is 2.48. The Balaban J connectivity index is 2.37. The first-order valence-corrected chi connectivity index (χ1v) is 5.41. The van der Waals surface area contributed by atoms with Gasteiger partial charge in [0.25, 0.3) is 0 Å². The largest absolute Gasteiger partial charge is 0.492 e. The van der Waals surface area contributed by atoms with Crippen molar-refractivity contribution in [3.63, 3.8) is 0 Å². The average molecular weight is 227 g/mol. The van der Waals surface area contributed by atoms with Gasteiger partial charge in [-0.05, 0) is 18.8 Å². The SMILES string of the molecule is COc1c(C)nc(C2CC2(C)C)nc1Cl. The Bertz CT molecular complexity index is 381. The molecule has 1 aromatic rings. The molecule has 0 aliphatic heterocycles. The molecule has 0 aromatic carbocycles. The Morgan fingerprint density at radius 2 is 2.00 bits per heavy atom. The lowest BCUT2D eigenvalue weighted by Crippen LogP contribution is -2.02. The minimum Gasteiger partial charge on any atom is -0.492 e. The molecule has 4 heteroatoms. The number of ether oxygens (including phenoxy) is 1. The van der Waals surface area contributed by atoms with Gasteiger partial charge in [0, 0.05) is 5.92 Å². The molecule has 3 nitrogen and oxygen atoms in total. The second-order valence-electron chi connectivity index (χ2n) is 4.74. The van der Waals surface area contributed by atoms with Crippen LogP contribution in [0, 0.1) is 12.3 Å². The zero-order valence-electron chi connectivity index (χ0n) is 9.47. The highest BCUT2D eigenvalue weighted by atomic mass is 35.5. The van der Waals surface area contributed by atoms with Crippen LogP contribution in [0.1, 0.15) is 37.7 Å². The quantitative estimate of drug-likeness (QED) is 0.728. The monoisotopic (exact) mass is 226 g/mol. The van der Waals surface area contributed by atoms with Gasteiger partial charge in [-0.2, -0.15) is 0 Å². The molecule has 0 saturated heterocycles. The summed E-state index contributed by atoms with van der Waals surface area (Å²) in [5.41, 5.74) is 1.14. The summed E-state index contributed by atoms with van der Waals surface area (Å²) in [6, 6.07) is 0. The minimum absolute atomic E-state index is 0.324. The summed E-state index contributed by atoms with van der Waals surface area (Å²) < 4.78 is 5.13. The summed E-state index contributed by atoms with van der Waals surface area (Å²) in [6.07, 6.45) is 1.13. The van der Waals surface area contributed by atoms with Gasteiger partial charge in [-0.1, -0.05) is 25.4 Å². The Morgan fingerprint density at radius 3 is 2.40 bits per heavy atom. The lowest BCUT2D eigenvalue weighted by molar-refractivity contribution is 0.406. The van der Waals surface area contributed by atoms with Crippen molar-refractivity contribution in [1.29, 1.82) is 0 Å². The third-order valence-electron chi connectivity index (χ3n) is 3.04. The zero-order valence-corrected chi connectivity index (χ0v) is 10.2. The standard InChI is InChI=1S/C11H15ClN2O/c1-6-8(15-4)9(12)14-10(13-6)7-5-11(7,2)3/h7H,5H2,1-4H3. The maximum atomic E-state index is 6.02. The van der Waals surface area contributed by atoms with Crippen LogP contribution in [-0.4, -0.2) is 17.1 Å². The average Bonchev–Trinajstić information content (AvgIpc) is 2.74. The summed E-state index contributed by atoms with van der Waals surface area (Å²) in [6.45, 7) is 6.33. The van der Waals surface area contributed by atoms with Crippen molar-refractivity contribution in [1.82, 2.24) is 9.97 Å². The summed E-state index contributed by atoms with van der Waals surface area (Å²) in [5.74, 6) is 1.88. The van der Waals surface area contributed by atoms with Gasteiger partial charge < -0.3 is 4.74 Å². The summed E-state index contributed by atoms with van der Waals surface area (Å²) in [7, 11) is 1.58. The van der Waals surface area contributed by atoms with E-state index >= 15 is 0 Å². The maximum absolute atomic E-state index is 6.02. The van der Waals surface area contributed by atoms with Crippen molar-refractivity contribution in [2.45, 2.75) is 33.1 Å². The molecule has 1 atom stereocenters. The molecule has 1 unspecified atom stereocenters. The molecule has 1 saturated carbocycles. The number of aryl methyl sites for hydroxylation is 1. The number of nitrogens with zero attached hydrogens (tertiary/aromatic N) is 2. The second kappa shape index (κ2) is 3.34. The first kappa shape index (κ1) is 10.7.